The molecule has 0 aliphatic rings. The maximum absolute atomic E-state index is 13.1. The van der Waals surface area contributed by atoms with Crippen molar-refractivity contribution in [3.63, 3.8) is 0 Å². The third-order valence-corrected chi connectivity index (χ3v) is 6.70. The number of hydrogen-bond acceptors (Lipinski definition) is 5. The predicted molar refractivity (Wildman–Crippen MR) is 114 cm³/mol. The van der Waals surface area contributed by atoms with Crippen molar-refractivity contribution in [2.45, 2.75) is 17.1 Å². The molecule has 0 aliphatic heterocycles. The molecule has 2 atom stereocenters. The van der Waals surface area contributed by atoms with Gasteiger partial charge in [0.2, 0.25) is 0 Å². The Bertz CT molecular complexity index is 1030. The molecular weight excluding hydrogens is 406 g/mol. The number of hydrogen-bond donors (Lipinski definition) is 2. The van der Waals surface area contributed by atoms with Crippen LogP contribution in [0.4, 0.5) is 0 Å². The van der Waals surface area contributed by atoms with Gasteiger partial charge < -0.3 is 4.74 Å². The van der Waals surface area contributed by atoms with Crippen molar-refractivity contribution in [1.29, 1.82) is 0 Å². The van der Waals surface area contributed by atoms with E-state index in [2.05, 4.69) is 11.8 Å². The van der Waals surface area contributed by atoms with E-state index in [4.69, 9.17) is 9.94 Å². The first-order chi connectivity index (χ1) is 14.1. The van der Waals surface area contributed by atoms with Crippen LogP contribution >= 0.6 is 11.3 Å². The largest absolute Gasteiger partial charge is 0.481 e. The standard InChI is InChI=1S/C22H19NO4S2/c1-2-3-14-27-18-10-12-19(13-11-18)29(26)21(22(24)23-25)17-8-6-16(7-9-17)20-5-4-15-28-20/h4-13,15,21,25H,14H2,1H3,(H,23,24)/t21-,29?/m1/s1. The third kappa shape index (κ3) is 5.12. The minimum absolute atomic E-state index is 0.269. The number of rotatable bonds is 7. The molecule has 0 aliphatic carbocycles. The molecule has 5 nitrogen and oxygen atoms in total. The highest BCUT2D eigenvalue weighted by Crippen LogP contribution is 2.30. The van der Waals surface area contributed by atoms with Gasteiger partial charge in [0.1, 0.15) is 17.6 Å². The number of carbonyl (C=O) groups is 1. The summed E-state index contributed by atoms with van der Waals surface area (Å²) >= 11 is 1.61. The molecule has 0 fully saturated rings. The lowest BCUT2D eigenvalue weighted by Crippen LogP contribution is -2.29. The summed E-state index contributed by atoms with van der Waals surface area (Å²) in [4.78, 5) is 13.8. The highest BCUT2D eigenvalue weighted by molar-refractivity contribution is 7.86. The first kappa shape index (κ1) is 20.8. The number of hydroxylamine groups is 1. The number of benzene rings is 2. The minimum atomic E-state index is -1.71. The highest BCUT2D eigenvalue weighted by atomic mass is 32.2. The van der Waals surface area contributed by atoms with Gasteiger partial charge in [0.25, 0.3) is 5.91 Å². The molecule has 0 saturated carbocycles. The molecule has 0 spiro atoms. The van der Waals surface area contributed by atoms with E-state index >= 15 is 0 Å². The van der Waals surface area contributed by atoms with Crippen molar-refractivity contribution in [3.05, 3.63) is 71.6 Å². The van der Waals surface area contributed by atoms with Crippen LogP contribution in [0.5, 0.6) is 5.75 Å². The van der Waals surface area contributed by atoms with Gasteiger partial charge in [-0.2, -0.15) is 0 Å². The quantitative estimate of drug-likeness (QED) is 0.338. The Hall–Kier alpha value is -2.92. The Kier molecular flexibility index (Phi) is 7.19. The van der Waals surface area contributed by atoms with Gasteiger partial charge in [0, 0.05) is 9.77 Å². The van der Waals surface area contributed by atoms with Crippen molar-refractivity contribution < 1.29 is 18.9 Å². The average molecular weight is 426 g/mol. The number of ether oxygens (including phenoxy) is 1. The molecule has 1 heterocycles. The fourth-order valence-electron chi connectivity index (χ4n) is 2.69. The predicted octanol–water partition coefficient (Wildman–Crippen LogP) is 4.17. The fraction of sp³-hybridized carbons (Fsp3) is 0.136. The molecule has 29 heavy (non-hydrogen) atoms. The zero-order chi connectivity index (χ0) is 20.6. The van der Waals surface area contributed by atoms with E-state index in [0.717, 1.165) is 10.4 Å². The second kappa shape index (κ2) is 10.0. The van der Waals surface area contributed by atoms with E-state index in [-0.39, 0.29) is 6.61 Å². The molecule has 0 saturated heterocycles. The van der Waals surface area contributed by atoms with Crippen LogP contribution in [0.1, 0.15) is 17.7 Å². The second-order valence-corrected chi connectivity index (χ2v) is 8.42. The molecular formula is C22H19NO4S2. The monoisotopic (exact) mass is 425 g/mol. The molecule has 1 unspecified atom stereocenters. The summed E-state index contributed by atoms with van der Waals surface area (Å²) in [5.41, 5.74) is 3.19. The van der Waals surface area contributed by atoms with Crippen molar-refractivity contribution in [1.82, 2.24) is 5.48 Å². The Labute approximate surface area is 175 Å². The maximum atomic E-state index is 13.1. The third-order valence-electron chi connectivity index (χ3n) is 4.13. The summed E-state index contributed by atoms with van der Waals surface area (Å²) in [7, 11) is -1.71. The summed E-state index contributed by atoms with van der Waals surface area (Å²) < 4.78 is 18.6. The molecule has 3 aromatic rings. The molecule has 148 valence electrons. The van der Waals surface area contributed by atoms with Crippen molar-refractivity contribution in [3.8, 4) is 28.0 Å². The number of thiophene rings is 1. The van der Waals surface area contributed by atoms with Crippen LogP contribution in [0.25, 0.3) is 10.4 Å². The molecule has 3 rings (SSSR count). The van der Waals surface area contributed by atoms with Gasteiger partial charge in [-0.3, -0.25) is 14.2 Å². The normalized spacial score (nSPS) is 12.3. The number of nitrogens with one attached hydrogen (secondary N) is 1. The Morgan fingerprint density at radius 2 is 1.90 bits per heavy atom. The van der Waals surface area contributed by atoms with E-state index in [0.29, 0.717) is 16.2 Å². The molecule has 7 heteroatoms. The summed E-state index contributed by atoms with van der Waals surface area (Å²) in [6.45, 7) is 2.00. The smallest absolute Gasteiger partial charge is 0.263 e. The second-order valence-electron chi connectivity index (χ2n) is 5.94. The van der Waals surface area contributed by atoms with Gasteiger partial charge in [-0.1, -0.05) is 36.3 Å². The van der Waals surface area contributed by atoms with Crippen molar-refractivity contribution in [2.75, 3.05) is 6.61 Å². The molecule has 2 N–H and O–H groups in total. The van der Waals surface area contributed by atoms with E-state index in [9.17, 15) is 9.00 Å². The molecule has 1 amide bonds. The summed E-state index contributed by atoms with van der Waals surface area (Å²) in [6, 6.07) is 17.9. The Morgan fingerprint density at radius 1 is 1.17 bits per heavy atom. The van der Waals surface area contributed by atoms with Gasteiger partial charge in [0.15, 0.2) is 0 Å². The van der Waals surface area contributed by atoms with Crippen molar-refractivity contribution >= 4 is 28.0 Å². The van der Waals surface area contributed by atoms with Gasteiger partial charge in [0.05, 0.1) is 10.8 Å². The van der Waals surface area contributed by atoms with Gasteiger partial charge >= 0.3 is 0 Å². The van der Waals surface area contributed by atoms with Crippen LogP contribution in [0.2, 0.25) is 0 Å². The molecule has 1 aromatic heterocycles. The highest BCUT2D eigenvalue weighted by Gasteiger charge is 2.28. The first-order valence-corrected chi connectivity index (χ1v) is 10.8. The van der Waals surface area contributed by atoms with Crippen LogP contribution in [0.3, 0.4) is 0 Å². The Balaban J connectivity index is 1.83. The van der Waals surface area contributed by atoms with Crippen LogP contribution < -0.4 is 10.2 Å². The maximum Gasteiger partial charge on any atom is 0.263 e. The van der Waals surface area contributed by atoms with E-state index in [1.807, 2.05) is 29.6 Å². The van der Waals surface area contributed by atoms with Gasteiger partial charge in [-0.05, 0) is 53.8 Å². The van der Waals surface area contributed by atoms with Crippen LogP contribution in [0.15, 0.2) is 70.9 Å². The minimum Gasteiger partial charge on any atom is -0.481 e. The number of carbonyl (C=O) groups excluding carboxylic acids is 1. The van der Waals surface area contributed by atoms with Crippen LogP contribution in [0, 0.1) is 11.8 Å². The van der Waals surface area contributed by atoms with E-state index < -0.39 is 22.0 Å². The van der Waals surface area contributed by atoms with Crippen molar-refractivity contribution in [2.24, 2.45) is 0 Å². The molecule has 0 bridgehead atoms. The van der Waals surface area contributed by atoms with Crippen LogP contribution in [-0.2, 0) is 15.6 Å². The van der Waals surface area contributed by atoms with Gasteiger partial charge in [-0.15, -0.1) is 17.3 Å². The summed E-state index contributed by atoms with van der Waals surface area (Å²) in [5.74, 6) is 5.40. The molecule has 0 radical (unpaired) electrons. The topological polar surface area (TPSA) is 75.6 Å². The van der Waals surface area contributed by atoms with Crippen LogP contribution in [-0.4, -0.2) is 21.9 Å². The fourth-order valence-corrected chi connectivity index (χ4v) is 4.75. The average Bonchev–Trinajstić information content (AvgIpc) is 3.30. The SMILES string of the molecule is CC#CCOc1ccc(S(=O)[C@@H](C(=O)NO)c2ccc(-c3cccs3)cc2)cc1. The summed E-state index contributed by atoms with van der Waals surface area (Å²) in [6.07, 6.45) is 0. The van der Waals surface area contributed by atoms with E-state index in [1.165, 1.54) is 0 Å². The lowest BCUT2D eigenvalue weighted by molar-refractivity contribution is -0.128. The lowest BCUT2D eigenvalue weighted by atomic mass is 10.1. The first-order valence-electron chi connectivity index (χ1n) is 8.75. The van der Waals surface area contributed by atoms with Gasteiger partial charge in [-0.25, -0.2) is 5.48 Å². The summed E-state index contributed by atoms with van der Waals surface area (Å²) in [5, 5.41) is 10.1. The van der Waals surface area contributed by atoms with E-state index in [1.54, 1.807) is 60.1 Å². The molecule has 2 aromatic carbocycles. The zero-order valence-electron chi connectivity index (χ0n) is 15.6. The lowest BCUT2D eigenvalue weighted by Gasteiger charge is -2.16. The Morgan fingerprint density at radius 3 is 2.48 bits per heavy atom. The number of amides is 1. The zero-order valence-corrected chi connectivity index (χ0v) is 17.3.